The molecule has 3 atom stereocenters. The van der Waals surface area contributed by atoms with Gasteiger partial charge in [0.2, 0.25) is 0 Å². The van der Waals surface area contributed by atoms with Crippen molar-refractivity contribution in [1.82, 2.24) is 9.97 Å². The zero-order valence-corrected chi connectivity index (χ0v) is 11.3. The van der Waals surface area contributed by atoms with Gasteiger partial charge in [-0.15, -0.1) is 0 Å². The molecule has 1 aliphatic heterocycles. The number of rotatable bonds is 3. The molecule has 6 nitrogen and oxygen atoms in total. The van der Waals surface area contributed by atoms with E-state index in [2.05, 4.69) is 14.9 Å². The van der Waals surface area contributed by atoms with Crippen LogP contribution in [0, 0.1) is 5.92 Å². The Balaban J connectivity index is 1.79. The third kappa shape index (κ3) is 2.35. The number of hydrogen-bond acceptors (Lipinski definition) is 5. The highest BCUT2D eigenvalue weighted by Crippen LogP contribution is 2.37. The maximum absolute atomic E-state index is 10.8. The van der Waals surface area contributed by atoms with Gasteiger partial charge in [-0.2, -0.15) is 0 Å². The number of aromatic carboxylic acids is 1. The quantitative estimate of drug-likeness (QED) is 0.866. The van der Waals surface area contributed by atoms with E-state index in [1.54, 1.807) is 0 Å². The van der Waals surface area contributed by atoms with Crippen LogP contribution in [0.25, 0.3) is 0 Å². The molecule has 108 valence electrons. The van der Waals surface area contributed by atoms with Gasteiger partial charge in [-0.1, -0.05) is 6.42 Å². The number of carboxylic acids is 1. The van der Waals surface area contributed by atoms with Gasteiger partial charge in [0.15, 0.2) is 5.69 Å². The molecule has 1 aromatic rings. The smallest absolute Gasteiger partial charge is 0.356 e. The average Bonchev–Trinajstić information content (AvgIpc) is 3.07. The minimum Gasteiger partial charge on any atom is -0.476 e. The van der Waals surface area contributed by atoms with E-state index in [9.17, 15) is 9.90 Å². The van der Waals surface area contributed by atoms with Gasteiger partial charge in [-0.3, -0.25) is 0 Å². The molecular weight excluding hydrogens is 258 g/mol. The van der Waals surface area contributed by atoms with E-state index >= 15 is 0 Å². The number of anilines is 1. The normalized spacial score (nSPS) is 29.9. The first-order valence-corrected chi connectivity index (χ1v) is 7.17. The molecule has 1 aliphatic carbocycles. The Labute approximate surface area is 117 Å². The molecular formula is C14H19N3O3. The largest absolute Gasteiger partial charge is 0.476 e. The van der Waals surface area contributed by atoms with E-state index in [-0.39, 0.29) is 11.8 Å². The average molecular weight is 277 g/mol. The van der Waals surface area contributed by atoms with Crippen LogP contribution in [0.1, 0.15) is 42.6 Å². The van der Waals surface area contributed by atoms with Crippen molar-refractivity contribution >= 4 is 11.8 Å². The van der Waals surface area contributed by atoms with Crippen LogP contribution in [0.15, 0.2) is 12.4 Å². The summed E-state index contributed by atoms with van der Waals surface area (Å²) in [7, 11) is 0. The summed E-state index contributed by atoms with van der Waals surface area (Å²) in [6.45, 7) is 0.898. The highest BCUT2D eigenvalue weighted by atomic mass is 16.4. The predicted molar refractivity (Wildman–Crippen MR) is 72.7 cm³/mol. The second-order valence-electron chi connectivity index (χ2n) is 5.63. The van der Waals surface area contributed by atoms with Crippen molar-refractivity contribution in [2.24, 2.45) is 5.92 Å². The Kier molecular flexibility index (Phi) is 3.56. The van der Waals surface area contributed by atoms with E-state index in [1.807, 2.05) is 0 Å². The number of aromatic nitrogens is 2. The fourth-order valence-corrected chi connectivity index (χ4v) is 3.52. The van der Waals surface area contributed by atoms with Crippen LogP contribution >= 0.6 is 0 Å². The van der Waals surface area contributed by atoms with Crippen LogP contribution in [0.4, 0.5) is 5.82 Å². The lowest BCUT2D eigenvalue weighted by molar-refractivity contribution is 0.0690. The topological polar surface area (TPSA) is 86.5 Å². The maximum Gasteiger partial charge on any atom is 0.356 e. The zero-order chi connectivity index (χ0) is 14.1. The lowest BCUT2D eigenvalue weighted by Crippen LogP contribution is -2.39. The summed E-state index contributed by atoms with van der Waals surface area (Å²) >= 11 is 0. The Bertz CT molecular complexity index is 491. The van der Waals surface area contributed by atoms with Crippen molar-refractivity contribution in [3.8, 4) is 0 Å². The number of carboxylic acid groups (broad SMARTS) is 1. The summed E-state index contributed by atoms with van der Waals surface area (Å²) in [4.78, 5) is 21.1. The lowest BCUT2D eigenvalue weighted by Gasteiger charge is -2.31. The molecule has 2 fully saturated rings. The Morgan fingerprint density at radius 2 is 2.05 bits per heavy atom. The zero-order valence-electron chi connectivity index (χ0n) is 11.3. The van der Waals surface area contributed by atoms with Crippen molar-refractivity contribution in [3.05, 3.63) is 18.1 Å². The molecule has 6 heteroatoms. The number of nitrogens with zero attached hydrogens (tertiary/aromatic N) is 3. The predicted octanol–water partition coefficient (Wildman–Crippen LogP) is 1.30. The summed E-state index contributed by atoms with van der Waals surface area (Å²) in [5, 5.41) is 18.9. The molecule has 20 heavy (non-hydrogen) atoms. The van der Waals surface area contributed by atoms with Gasteiger partial charge >= 0.3 is 5.97 Å². The second-order valence-corrected chi connectivity index (χ2v) is 5.63. The third-order valence-corrected chi connectivity index (χ3v) is 4.48. The van der Waals surface area contributed by atoms with Crippen molar-refractivity contribution < 1.29 is 15.0 Å². The monoisotopic (exact) mass is 277 g/mol. The molecule has 0 amide bonds. The maximum atomic E-state index is 10.8. The number of carbonyl (C=O) groups is 1. The molecule has 3 unspecified atom stereocenters. The second kappa shape index (κ2) is 5.36. The van der Waals surface area contributed by atoms with Gasteiger partial charge in [0.25, 0.3) is 0 Å². The first-order valence-electron chi connectivity index (χ1n) is 7.17. The van der Waals surface area contributed by atoms with Crippen LogP contribution < -0.4 is 4.90 Å². The van der Waals surface area contributed by atoms with Gasteiger partial charge in [0.05, 0.1) is 18.5 Å². The van der Waals surface area contributed by atoms with Crippen molar-refractivity contribution in [1.29, 1.82) is 0 Å². The first-order chi connectivity index (χ1) is 9.66. The van der Waals surface area contributed by atoms with Crippen LogP contribution in [0.2, 0.25) is 0 Å². The summed E-state index contributed by atoms with van der Waals surface area (Å²) in [5.41, 5.74) is -0.0367. The highest BCUT2D eigenvalue weighted by molar-refractivity contribution is 5.84. The molecule has 1 saturated carbocycles. The van der Waals surface area contributed by atoms with Crippen molar-refractivity contribution in [2.75, 3.05) is 11.4 Å². The molecule has 2 aliphatic rings. The van der Waals surface area contributed by atoms with E-state index in [1.165, 1.54) is 12.4 Å². The van der Waals surface area contributed by atoms with Gasteiger partial charge < -0.3 is 15.1 Å². The Hall–Kier alpha value is -1.69. The first kappa shape index (κ1) is 13.3. The van der Waals surface area contributed by atoms with Crippen LogP contribution in [0.3, 0.4) is 0 Å². The van der Waals surface area contributed by atoms with Crippen molar-refractivity contribution in [3.63, 3.8) is 0 Å². The van der Waals surface area contributed by atoms with E-state index in [0.717, 1.165) is 44.5 Å². The fraction of sp³-hybridized carbons (Fsp3) is 0.643. The highest BCUT2D eigenvalue weighted by Gasteiger charge is 2.38. The summed E-state index contributed by atoms with van der Waals surface area (Å²) < 4.78 is 0. The number of aliphatic hydroxyl groups excluding tert-OH is 1. The minimum absolute atomic E-state index is 0.0367. The third-order valence-electron chi connectivity index (χ3n) is 4.48. The molecule has 0 radical (unpaired) electrons. The van der Waals surface area contributed by atoms with Crippen LogP contribution in [-0.4, -0.2) is 44.8 Å². The Morgan fingerprint density at radius 3 is 2.65 bits per heavy atom. The number of hydrogen-bond donors (Lipinski definition) is 2. The molecule has 0 aromatic carbocycles. The molecule has 0 bridgehead atoms. The van der Waals surface area contributed by atoms with E-state index in [0.29, 0.717) is 12.0 Å². The SMILES string of the molecule is O=C(O)c1cnc(N2CCCC2C2CCCC2O)cn1. The lowest BCUT2D eigenvalue weighted by atomic mass is 9.94. The van der Waals surface area contributed by atoms with Crippen LogP contribution in [-0.2, 0) is 0 Å². The van der Waals surface area contributed by atoms with Crippen molar-refractivity contribution in [2.45, 2.75) is 44.2 Å². The minimum atomic E-state index is -1.06. The molecule has 1 saturated heterocycles. The fourth-order valence-electron chi connectivity index (χ4n) is 3.52. The number of aliphatic hydroxyl groups is 1. The van der Waals surface area contributed by atoms with Crippen LogP contribution in [0.5, 0.6) is 0 Å². The standard InChI is InChI=1S/C14H19N3O3/c18-12-5-1-3-9(12)11-4-2-6-17(11)13-8-15-10(7-16-13)14(19)20/h7-9,11-12,18H,1-6H2,(H,19,20). The molecule has 0 spiro atoms. The van der Waals surface area contributed by atoms with Gasteiger partial charge in [-0.05, 0) is 25.7 Å². The molecule has 2 N–H and O–H groups in total. The van der Waals surface area contributed by atoms with E-state index in [4.69, 9.17) is 5.11 Å². The van der Waals surface area contributed by atoms with Gasteiger partial charge in [0.1, 0.15) is 5.82 Å². The molecule has 1 aromatic heterocycles. The summed E-state index contributed by atoms with van der Waals surface area (Å²) in [5.74, 6) is -0.0386. The summed E-state index contributed by atoms with van der Waals surface area (Å²) in [6.07, 6.45) is 7.79. The van der Waals surface area contributed by atoms with E-state index < -0.39 is 5.97 Å². The van der Waals surface area contributed by atoms with Gasteiger partial charge in [-0.25, -0.2) is 14.8 Å². The summed E-state index contributed by atoms with van der Waals surface area (Å²) in [6, 6.07) is 0.303. The molecule has 3 rings (SSSR count). The van der Waals surface area contributed by atoms with Gasteiger partial charge in [0, 0.05) is 18.5 Å². The molecule has 2 heterocycles. The Morgan fingerprint density at radius 1 is 1.20 bits per heavy atom.